The van der Waals surface area contributed by atoms with Crippen molar-refractivity contribution in [3.8, 4) is 10.4 Å². The lowest BCUT2D eigenvalue weighted by Gasteiger charge is -2.35. The molecule has 13 nitrogen and oxygen atoms in total. The number of benzene rings is 1. The molecule has 14 heteroatoms. The summed E-state index contributed by atoms with van der Waals surface area (Å²) in [6.45, 7) is 13.5. The summed E-state index contributed by atoms with van der Waals surface area (Å²) in [7, 11) is 0. The Labute approximate surface area is 280 Å². The van der Waals surface area contributed by atoms with Crippen molar-refractivity contribution in [2.24, 2.45) is 5.41 Å². The second kappa shape index (κ2) is 17.0. The average Bonchev–Trinajstić information content (AvgIpc) is 3.59. The number of hydrogen-bond donors (Lipinski definition) is 4. The van der Waals surface area contributed by atoms with Gasteiger partial charge in [-0.2, -0.15) is 0 Å². The minimum absolute atomic E-state index is 0.0150. The molecule has 1 fully saturated rings. The van der Waals surface area contributed by atoms with Crippen LogP contribution < -0.4 is 16.0 Å². The fourth-order valence-corrected chi connectivity index (χ4v) is 5.72. The van der Waals surface area contributed by atoms with Gasteiger partial charge in [0.05, 0.1) is 42.0 Å². The molecule has 260 valence electrons. The Morgan fingerprint density at radius 1 is 1.02 bits per heavy atom. The summed E-state index contributed by atoms with van der Waals surface area (Å²) in [6.07, 6.45) is -1.30. The van der Waals surface area contributed by atoms with E-state index in [0.717, 1.165) is 21.7 Å². The zero-order valence-electron chi connectivity index (χ0n) is 28.4. The van der Waals surface area contributed by atoms with Crippen LogP contribution in [0.5, 0.6) is 0 Å². The molecule has 47 heavy (non-hydrogen) atoms. The third-order valence-corrected chi connectivity index (χ3v) is 8.21. The zero-order valence-corrected chi connectivity index (χ0v) is 29.2. The van der Waals surface area contributed by atoms with Crippen molar-refractivity contribution in [3.63, 3.8) is 0 Å². The molecule has 0 saturated carbocycles. The van der Waals surface area contributed by atoms with Gasteiger partial charge in [-0.15, -0.1) is 11.3 Å². The van der Waals surface area contributed by atoms with Gasteiger partial charge in [0.2, 0.25) is 17.7 Å². The van der Waals surface area contributed by atoms with E-state index in [1.54, 1.807) is 37.6 Å². The van der Waals surface area contributed by atoms with Gasteiger partial charge < -0.3 is 40.2 Å². The molecule has 2 aromatic rings. The third kappa shape index (κ3) is 12.2. The molecule has 0 aliphatic carbocycles. The molecular weight excluding hydrogens is 626 g/mol. The maximum Gasteiger partial charge on any atom is 0.407 e. The lowest BCUT2D eigenvalue weighted by Crippen LogP contribution is -2.58. The molecular formula is C33H49N5O8S. The highest BCUT2D eigenvalue weighted by atomic mass is 32.1. The van der Waals surface area contributed by atoms with E-state index in [2.05, 4.69) is 20.9 Å². The number of aromatic nitrogens is 1. The lowest BCUT2D eigenvalue weighted by atomic mass is 9.85. The Kier molecular flexibility index (Phi) is 13.7. The number of β-amino-alcohol motifs (C(OH)–C–C–N with tert-alkyl or cyclic N) is 1. The highest BCUT2D eigenvalue weighted by Crippen LogP contribution is 2.28. The van der Waals surface area contributed by atoms with Crippen molar-refractivity contribution in [1.29, 1.82) is 0 Å². The Balaban J connectivity index is 1.46. The number of alkyl carbamates (subject to hydrolysis) is 1. The molecule has 1 saturated heterocycles. The summed E-state index contributed by atoms with van der Waals surface area (Å²) in [5.41, 5.74) is 3.44. The fourth-order valence-electron chi connectivity index (χ4n) is 4.91. The first-order valence-electron chi connectivity index (χ1n) is 15.7. The van der Waals surface area contributed by atoms with Crippen molar-refractivity contribution in [2.45, 2.75) is 85.2 Å². The molecule has 0 radical (unpaired) electrons. The van der Waals surface area contributed by atoms with Gasteiger partial charge in [-0.1, -0.05) is 45.0 Å². The highest BCUT2D eigenvalue weighted by molar-refractivity contribution is 7.13. The van der Waals surface area contributed by atoms with Crippen LogP contribution in [0.3, 0.4) is 0 Å². The summed E-state index contributed by atoms with van der Waals surface area (Å²) in [6, 6.07) is 6.00. The average molecular weight is 676 g/mol. The number of likely N-dealkylation sites (tertiary alicyclic amines) is 1. The second-order valence-electron chi connectivity index (χ2n) is 13.5. The van der Waals surface area contributed by atoms with E-state index in [1.807, 2.05) is 52.0 Å². The maximum atomic E-state index is 13.8. The first-order chi connectivity index (χ1) is 22.0. The zero-order chi connectivity index (χ0) is 34.8. The van der Waals surface area contributed by atoms with Crippen LogP contribution in [0.15, 0.2) is 29.8 Å². The Hall–Kier alpha value is -3.59. The summed E-state index contributed by atoms with van der Waals surface area (Å²) < 4.78 is 16.0. The Morgan fingerprint density at radius 3 is 2.32 bits per heavy atom. The summed E-state index contributed by atoms with van der Waals surface area (Å²) in [5, 5.41) is 18.7. The van der Waals surface area contributed by atoms with E-state index >= 15 is 0 Å². The van der Waals surface area contributed by atoms with Gasteiger partial charge in [-0.05, 0) is 44.2 Å². The molecule has 1 aliphatic heterocycles. The molecule has 3 atom stereocenters. The standard InChI is InChI=1S/C33H49N5O8S/c1-21-27(47-20-36-21)23-10-8-22(9-11-23)17-35-29(41)25-16-24(39)18-38(25)30(42)28(32(2,3)4)37-26(40)19-45-15-14-44-13-12-34-31(43)46-33(5,6)7/h8-11,20,24-25,28,39H,12-19H2,1-7H3,(H,34,43)(H,35,41)(H,37,40)/t24-,25?,28-/m1/s1. The summed E-state index contributed by atoms with van der Waals surface area (Å²) in [4.78, 5) is 58.2. The van der Waals surface area contributed by atoms with E-state index in [-0.39, 0.29) is 58.4 Å². The molecule has 4 amide bonds. The topological polar surface area (TPSA) is 168 Å². The predicted octanol–water partition coefficient (Wildman–Crippen LogP) is 2.79. The van der Waals surface area contributed by atoms with Gasteiger partial charge in [0.1, 0.15) is 24.3 Å². The lowest BCUT2D eigenvalue weighted by molar-refractivity contribution is -0.144. The van der Waals surface area contributed by atoms with Crippen LogP contribution >= 0.6 is 11.3 Å². The van der Waals surface area contributed by atoms with Crippen molar-refractivity contribution < 1.29 is 38.5 Å². The molecule has 4 N–H and O–H groups in total. The second-order valence-corrected chi connectivity index (χ2v) is 14.4. The van der Waals surface area contributed by atoms with E-state index in [0.29, 0.717) is 0 Å². The van der Waals surface area contributed by atoms with Crippen LogP contribution in [-0.2, 0) is 35.1 Å². The normalized spacial score (nSPS) is 17.2. The van der Waals surface area contributed by atoms with E-state index in [4.69, 9.17) is 14.2 Å². The number of ether oxygens (including phenoxy) is 3. The number of rotatable bonds is 14. The van der Waals surface area contributed by atoms with Crippen LogP contribution in [0.2, 0.25) is 0 Å². The first kappa shape index (κ1) is 37.9. The van der Waals surface area contributed by atoms with Crippen molar-refractivity contribution >= 4 is 35.2 Å². The number of hydrogen-bond acceptors (Lipinski definition) is 10. The Morgan fingerprint density at radius 2 is 1.70 bits per heavy atom. The quantitative estimate of drug-likeness (QED) is 0.220. The first-order valence-corrected chi connectivity index (χ1v) is 16.6. The van der Waals surface area contributed by atoms with Gasteiger partial charge in [-0.3, -0.25) is 14.4 Å². The van der Waals surface area contributed by atoms with Gasteiger partial charge in [0.25, 0.3) is 0 Å². The van der Waals surface area contributed by atoms with Crippen LogP contribution in [-0.4, -0.2) is 102 Å². The number of nitrogens with one attached hydrogen (secondary N) is 3. The van der Waals surface area contributed by atoms with E-state index < -0.39 is 47.1 Å². The molecule has 3 rings (SSSR count). The number of aryl methyl sites for hydroxylation is 1. The van der Waals surface area contributed by atoms with E-state index in [1.165, 1.54) is 4.90 Å². The van der Waals surface area contributed by atoms with Crippen LogP contribution in [0, 0.1) is 12.3 Å². The number of amides is 4. The number of thiazole rings is 1. The number of nitrogens with zero attached hydrogens (tertiary/aromatic N) is 2. The highest BCUT2D eigenvalue weighted by Gasteiger charge is 2.44. The minimum atomic E-state index is -0.961. The van der Waals surface area contributed by atoms with Gasteiger partial charge in [-0.25, -0.2) is 9.78 Å². The number of carbonyl (C=O) groups excluding carboxylic acids is 4. The van der Waals surface area contributed by atoms with E-state index in [9.17, 15) is 24.3 Å². The number of aliphatic hydroxyl groups excluding tert-OH is 1. The van der Waals surface area contributed by atoms with Crippen LogP contribution in [0.25, 0.3) is 10.4 Å². The number of aliphatic hydroxyl groups is 1. The van der Waals surface area contributed by atoms with Crippen molar-refractivity contribution in [2.75, 3.05) is 39.5 Å². The van der Waals surface area contributed by atoms with Crippen molar-refractivity contribution in [3.05, 3.63) is 41.0 Å². The van der Waals surface area contributed by atoms with Gasteiger partial charge >= 0.3 is 6.09 Å². The SMILES string of the molecule is Cc1ncsc1-c1ccc(CNC(=O)C2C[C@@H](O)CN2C(=O)[C@@H](NC(=O)COCCOCCNC(=O)OC(C)(C)C)C(C)(C)C)cc1. The van der Waals surface area contributed by atoms with Crippen LogP contribution in [0.1, 0.15) is 59.2 Å². The largest absolute Gasteiger partial charge is 0.444 e. The molecule has 1 aromatic heterocycles. The predicted molar refractivity (Wildman–Crippen MR) is 178 cm³/mol. The van der Waals surface area contributed by atoms with Crippen molar-refractivity contribution in [1.82, 2.24) is 25.8 Å². The molecule has 2 heterocycles. The maximum absolute atomic E-state index is 13.8. The van der Waals surface area contributed by atoms with Crippen LogP contribution in [0.4, 0.5) is 4.79 Å². The molecule has 1 aromatic carbocycles. The molecule has 1 unspecified atom stereocenters. The summed E-state index contributed by atoms with van der Waals surface area (Å²) in [5.74, 6) is -1.32. The fraction of sp³-hybridized carbons (Fsp3) is 0.606. The summed E-state index contributed by atoms with van der Waals surface area (Å²) >= 11 is 1.57. The molecule has 0 bridgehead atoms. The smallest absolute Gasteiger partial charge is 0.407 e. The minimum Gasteiger partial charge on any atom is -0.444 e. The van der Waals surface area contributed by atoms with Gasteiger partial charge in [0.15, 0.2) is 0 Å². The third-order valence-electron chi connectivity index (χ3n) is 7.23. The molecule has 0 spiro atoms. The van der Waals surface area contributed by atoms with Gasteiger partial charge in [0, 0.05) is 26.1 Å². The number of carbonyl (C=O) groups is 4. The Bertz CT molecular complexity index is 1350. The molecule has 1 aliphatic rings. The monoisotopic (exact) mass is 675 g/mol.